The Morgan fingerprint density at radius 2 is 1.88 bits per heavy atom. The van der Waals surface area contributed by atoms with Crippen molar-refractivity contribution in [1.82, 2.24) is 10.6 Å². The lowest BCUT2D eigenvalue weighted by Crippen LogP contribution is -2.47. The van der Waals surface area contributed by atoms with E-state index in [-0.39, 0.29) is 29.5 Å². The number of nitrogens with one attached hydrogen (secondary N) is 2. The van der Waals surface area contributed by atoms with Crippen LogP contribution in [0.15, 0.2) is 0 Å². The molecule has 0 spiro atoms. The van der Waals surface area contributed by atoms with Crippen LogP contribution in [0.3, 0.4) is 0 Å². The first kappa shape index (κ1) is 11.9. The molecule has 2 rings (SSSR count). The summed E-state index contributed by atoms with van der Waals surface area (Å²) in [7, 11) is -2.84. The van der Waals surface area contributed by atoms with Gasteiger partial charge in [0.1, 0.15) is 9.84 Å². The smallest absolute Gasteiger partial charge is 0.237 e. The molecule has 2 aliphatic heterocycles. The van der Waals surface area contributed by atoms with Gasteiger partial charge in [0.2, 0.25) is 5.91 Å². The molecule has 0 bridgehead atoms. The lowest BCUT2D eigenvalue weighted by Gasteiger charge is -2.24. The van der Waals surface area contributed by atoms with Gasteiger partial charge in [0.25, 0.3) is 0 Å². The van der Waals surface area contributed by atoms with Crippen molar-refractivity contribution in [2.75, 3.05) is 18.1 Å². The first-order valence-corrected chi connectivity index (χ1v) is 7.63. The molecular weight excluding hydrogens is 228 g/mol. The van der Waals surface area contributed by atoms with Crippen LogP contribution >= 0.6 is 0 Å². The van der Waals surface area contributed by atoms with Crippen molar-refractivity contribution in [1.29, 1.82) is 0 Å². The third kappa shape index (κ3) is 2.95. The minimum Gasteiger partial charge on any atom is -0.352 e. The van der Waals surface area contributed by atoms with Crippen LogP contribution in [0, 0.1) is 0 Å². The van der Waals surface area contributed by atoms with Crippen LogP contribution in [-0.2, 0) is 14.6 Å². The van der Waals surface area contributed by atoms with Crippen LogP contribution in [0.4, 0.5) is 0 Å². The average Bonchev–Trinajstić information content (AvgIpc) is 2.74. The first-order valence-electron chi connectivity index (χ1n) is 5.81. The fourth-order valence-electron chi connectivity index (χ4n) is 2.24. The number of rotatable bonds is 2. The largest absolute Gasteiger partial charge is 0.352 e. The summed E-state index contributed by atoms with van der Waals surface area (Å²) in [6.45, 7) is 0.900. The van der Waals surface area contributed by atoms with Gasteiger partial charge in [-0.25, -0.2) is 8.42 Å². The van der Waals surface area contributed by atoms with Gasteiger partial charge < -0.3 is 10.6 Å². The van der Waals surface area contributed by atoms with Gasteiger partial charge in [-0.1, -0.05) is 0 Å². The Labute approximate surface area is 95.9 Å². The summed E-state index contributed by atoms with van der Waals surface area (Å²) >= 11 is 0. The van der Waals surface area contributed by atoms with Crippen LogP contribution < -0.4 is 10.6 Å². The molecule has 0 unspecified atom stereocenters. The topological polar surface area (TPSA) is 75.3 Å². The first-order chi connectivity index (χ1) is 7.57. The molecule has 2 saturated heterocycles. The highest BCUT2D eigenvalue weighted by molar-refractivity contribution is 7.91. The van der Waals surface area contributed by atoms with Crippen molar-refractivity contribution in [2.45, 2.75) is 37.8 Å². The van der Waals surface area contributed by atoms with Gasteiger partial charge in [-0.2, -0.15) is 0 Å². The predicted molar refractivity (Wildman–Crippen MR) is 60.8 cm³/mol. The molecule has 0 saturated carbocycles. The van der Waals surface area contributed by atoms with E-state index >= 15 is 0 Å². The van der Waals surface area contributed by atoms with Gasteiger partial charge in [-0.15, -0.1) is 0 Å². The Bertz CT molecular complexity index is 346. The van der Waals surface area contributed by atoms with Crippen LogP contribution in [0.2, 0.25) is 0 Å². The zero-order valence-corrected chi connectivity index (χ0v) is 10.1. The van der Waals surface area contributed by atoms with Gasteiger partial charge in [-0.05, 0) is 32.2 Å². The summed E-state index contributed by atoms with van der Waals surface area (Å²) in [5.41, 5.74) is 0. The van der Waals surface area contributed by atoms with Crippen LogP contribution in [-0.4, -0.2) is 44.5 Å². The summed E-state index contributed by atoms with van der Waals surface area (Å²) in [6, 6.07) is -0.0306. The third-order valence-corrected chi connectivity index (χ3v) is 4.99. The van der Waals surface area contributed by atoms with E-state index in [9.17, 15) is 13.2 Å². The summed E-state index contributed by atoms with van der Waals surface area (Å²) in [4.78, 5) is 11.8. The lowest BCUT2D eigenvalue weighted by atomic mass is 10.1. The number of sulfone groups is 1. The SMILES string of the molecule is O=C(NC1CCS(=O)(=O)CC1)[C@H]1CCCN1. The molecule has 2 aliphatic rings. The molecule has 16 heavy (non-hydrogen) atoms. The highest BCUT2D eigenvalue weighted by atomic mass is 32.2. The van der Waals surface area contributed by atoms with E-state index in [2.05, 4.69) is 10.6 Å². The Morgan fingerprint density at radius 3 is 2.44 bits per heavy atom. The second kappa shape index (κ2) is 4.71. The van der Waals surface area contributed by atoms with Crippen LogP contribution in [0.1, 0.15) is 25.7 Å². The Kier molecular flexibility index (Phi) is 3.49. The Hall–Kier alpha value is -0.620. The fraction of sp³-hybridized carbons (Fsp3) is 0.900. The molecule has 5 nitrogen and oxygen atoms in total. The van der Waals surface area contributed by atoms with Gasteiger partial charge >= 0.3 is 0 Å². The Morgan fingerprint density at radius 1 is 1.19 bits per heavy atom. The van der Waals surface area contributed by atoms with E-state index in [1.54, 1.807) is 0 Å². The zero-order valence-electron chi connectivity index (χ0n) is 9.24. The second-order valence-corrected chi connectivity index (χ2v) is 6.89. The quantitative estimate of drug-likeness (QED) is 0.684. The summed E-state index contributed by atoms with van der Waals surface area (Å²) < 4.78 is 22.4. The molecule has 92 valence electrons. The maximum absolute atomic E-state index is 11.8. The van der Waals surface area contributed by atoms with E-state index < -0.39 is 9.84 Å². The molecule has 1 atom stereocenters. The third-order valence-electron chi connectivity index (χ3n) is 3.28. The standard InChI is InChI=1S/C10H18N2O3S/c13-10(9-2-1-5-11-9)12-8-3-6-16(14,15)7-4-8/h8-9,11H,1-7H2,(H,12,13)/t9-/m1/s1. The molecule has 0 aromatic rings. The average molecular weight is 246 g/mol. The van der Waals surface area contributed by atoms with E-state index in [1.807, 2.05) is 0 Å². The fourth-order valence-corrected chi connectivity index (χ4v) is 3.74. The van der Waals surface area contributed by atoms with Gasteiger partial charge in [0.15, 0.2) is 0 Å². The molecular formula is C10H18N2O3S. The minimum atomic E-state index is -2.84. The lowest BCUT2D eigenvalue weighted by molar-refractivity contribution is -0.123. The van der Waals surface area contributed by atoms with Crippen molar-refractivity contribution >= 4 is 15.7 Å². The number of hydrogen-bond donors (Lipinski definition) is 2. The van der Waals surface area contributed by atoms with E-state index in [0.717, 1.165) is 19.4 Å². The molecule has 0 aromatic heterocycles. The molecule has 6 heteroatoms. The highest BCUT2D eigenvalue weighted by Gasteiger charge is 2.28. The maximum Gasteiger partial charge on any atom is 0.237 e. The number of amides is 1. The Balaban J connectivity index is 1.80. The van der Waals surface area contributed by atoms with E-state index in [0.29, 0.717) is 12.8 Å². The highest BCUT2D eigenvalue weighted by Crippen LogP contribution is 2.13. The van der Waals surface area contributed by atoms with Gasteiger partial charge in [-0.3, -0.25) is 4.79 Å². The molecule has 2 fully saturated rings. The number of hydrogen-bond acceptors (Lipinski definition) is 4. The van der Waals surface area contributed by atoms with E-state index in [4.69, 9.17) is 0 Å². The van der Waals surface area contributed by atoms with Crippen molar-refractivity contribution in [3.8, 4) is 0 Å². The maximum atomic E-state index is 11.8. The van der Waals surface area contributed by atoms with Gasteiger partial charge in [0, 0.05) is 6.04 Å². The zero-order chi connectivity index (χ0) is 11.6. The molecule has 0 radical (unpaired) electrons. The van der Waals surface area contributed by atoms with Crippen LogP contribution in [0.5, 0.6) is 0 Å². The van der Waals surface area contributed by atoms with Crippen molar-refractivity contribution in [3.05, 3.63) is 0 Å². The summed E-state index contributed by atoms with van der Waals surface area (Å²) in [5, 5.41) is 6.06. The molecule has 0 aliphatic carbocycles. The summed E-state index contributed by atoms with van der Waals surface area (Å²) in [5.74, 6) is 0.438. The summed E-state index contributed by atoms with van der Waals surface area (Å²) in [6.07, 6.45) is 3.04. The van der Waals surface area contributed by atoms with Crippen molar-refractivity contribution < 1.29 is 13.2 Å². The van der Waals surface area contributed by atoms with Crippen LogP contribution in [0.25, 0.3) is 0 Å². The molecule has 0 aromatic carbocycles. The molecule has 1 amide bonds. The van der Waals surface area contributed by atoms with Crippen molar-refractivity contribution in [3.63, 3.8) is 0 Å². The number of carbonyl (C=O) groups excluding carboxylic acids is 1. The predicted octanol–water partition coefficient (Wildman–Crippen LogP) is -0.568. The minimum absolute atomic E-state index is 0.0294. The monoisotopic (exact) mass is 246 g/mol. The second-order valence-electron chi connectivity index (χ2n) is 4.58. The molecule has 2 heterocycles. The van der Waals surface area contributed by atoms with Crippen molar-refractivity contribution in [2.24, 2.45) is 0 Å². The molecule has 2 N–H and O–H groups in total. The van der Waals surface area contributed by atoms with E-state index in [1.165, 1.54) is 0 Å². The normalized spacial score (nSPS) is 30.1. The number of carbonyl (C=O) groups is 1. The van der Waals surface area contributed by atoms with Gasteiger partial charge in [0.05, 0.1) is 17.5 Å².